The van der Waals surface area contributed by atoms with E-state index in [1.54, 1.807) is 23.2 Å². The van der Waals surface area contributed by atoms with E-state index in [4.69, 9.17) is 9.47 Å². The molecule has 0 saturated carbocycles. The third kappa shape index (κ3) is 3.40. The van der Waals surface area contributed by atoms with Gasteiger partial charge in [-0.2, -0.15) is 0 Å². The summed E-state index contributed by atoms with van der Waals surface area (Å²) in [5, 5.41) is 9.58. The number of aldehydes is 1. The second-order valence-electron chi connectivity index (χ2n) is 5.64. The minimum Gasteiger partial charge on any atom is -0.508 e. The number of aromatic nitrogens is 1. The summed E-state index contributed by atoms with van der Waals surface area (Å²) < 4.78 is 11.0. The fourth-order valence-electron chi connectivity index (χ4n) is 2.89. The number of phenols is 1. The van der Waals surface area contributed by atoms with Gasteiger partial charge in [0.05, 0.1) is 18.7 Å². The predicted octanol–water partition coefficient (Wildman–Crippen LogP) is 2.18. The molecule has 1 aliphatic rings. The largest absolute Gasteiger partial charge is 0.508 e. The number of rotatable bonds is 6. The fourth-order valence-corrected chi connectivity index (χ4v) is 2.89. The first-order chi connectivity index (χ1) is 12.1. The Labute approximate surface area is 144 Å². The Bertz CT molecular complexity index is 793. The highest BCUT2D eigenvalue weighted by molar-refractivity contribution is 5.97. The van der Waals surface area contributed by atoms with Gasteiger partial charge in [0.15, 0.2) is 6.29 Å². The number of carbonyl (C=O) groups is 2. The molecule has 130 valence electrons. The number of aromatic hydroxyl groups is 1. The van der Waals surface area contributed by atoms with Gasteiger partial charge in [0.2, 0.25) is 11.8 Å². The van der Waals surface area contributed by atoms with E-state index >= 15 is 0 Å². The minimum absolute atomic E-state index is 0.00823. The van der Waals surface area contributed by atoms with Crippen molar-refractivity contribution in [1.82, 2.24) is 4.98 Å². The number of hydrogen-bond acceptors (Lipinski definition) is 6. The van der Waals surface area contributed by atoms with E-state index in [2.05, 4.69) is 4.98 Å². The Hall–Kier alpha value is -3.09. The Kier molecular flexibility index (Phi) is 4.83. The van der Waals surface area contributed by atoms with Crippen molar-refractivity contribution in [2.24, 2.45) is 0 Å². The van der Waals surface area contributed by atoms with Gasteiger partial charge in [-0.1, -0.05) is 0 Å². The highest BCUT2D eigenvalue weighted by atomic mass is 16.5. The molecule has 1 N–H and O–H groups in total. The van der Waals surface area contributed by atoms with Crippen LogP contribution in [0.2, 0.25) is 0 Å². The van der Waals surface area contributed by atoms with Crippen LogP contribution in [-0.4, -0.2) is 42.0 Å². The van der Waals surface area contributed by atoms with E-state index in [1.807, 2.05) is 0 Å². The maximum absolute atomic E-state index is 12.3. The van der Waals surface area contributed by atoms with Crippen LogP contribution in [0.15, 0.2) is 36.5 Å². The summed E-state index contributed by atoms with van der Waals surface area (Å²) in [6.07, 6.45) is 3.27. The Morgan fingerprint density at radius 3 is 3.00 bits per heavy atom. The van der Waals surface area contributed by atoms with Gasteiger partial charge in [-0.05, 0) is 30.7 Å². The summed E-state index contributed by atoms with van der Waals surface area (Å²) in [5.74, 6) is 0.626. The first-order valence-electron chi connectivity index (χ1n) is 7.86. The highest BCUT2D eigenvalue weighted by Crippen LogP contribution is 2.33. The molecule has 1 unspecified atom stereocenters. The number of benzene rings is 1. The Morgan fingerprint density at radius 1 is 1.40 bits per heavy atom. The molecule has 3 rings (SSSR count). The zero-order valence-corrected chi connectivity index (χ0v) is 13.7. The van der Waals surface area contributed by atoms with Crippen molar-refractivity contribution in [2.75, 3.05) is 18.6 Å². The van der Waals surface area contributed by atoms with Gasteiger partial charge in [0.1, 0.15) is 23.8 Å². The zero-order valence-electron chi connectivity index (χ0n) is 13.7. The number of carbonyl (C=O) groups excluding carboxylic acids is 2. The van der Waals surface area contributed by atoms with Crippen molar-refractivity contribution in [1.29, 1.82) is 0 Å². The predicted molar refractivity (Wildman–Crippen MR) is 90.3 cm³/mol. The molecule has 2 aromatic rings. The number of hydrogen-bond donors (Lipinski definition) is 1. The first-order valence-corrected chi connectivity index (χ1v) is 7.86. The van der Waals surface area contributed by atoms with Crippen LogP contribution in [0.25, 0.3) is 0 Å². The van der Waals surface area contributed by atoms with Gasteiger partial charge < -0.3 is 19.5 Å². The first kappa shape index (κ1) is 16.8. The normalized spacial score (nSPS) is 16.8. The molecule has 7 nitrogen and oxygen atoms in total. The third-order valence-electron chi connectivity index (χ3n) is 4.08. The summed E-state index contributed by atoms with van der Waals surface area (Å²) in [7, 11) is 1.50. The van der Waals surface area contributed by atoms with E-state index in [0.717, 1.165) is 0 Å². The SMILES string of the molecule is COc1ncccc1N1C(=O)CCC1COc1cc(O)ccc1C=O. The molecule has 7 heteroatoms. The monoisotopic (exact) mass is 342 g/mol. The van der Waals surface area contributed by atoms with Crippen molar-refractivity contribution in [3.8, 4) is 17.4 Å². The van der Waals surface area contributed by atoms with Crippen molar-refractivity contribution in [3.63, 3.8) is 0 Å². The molecule has 1 aromatic carbocycles. The third-order valence-corrected chi connectivity index (χ3v) is 4.08. The van der Waals surface area contributed by atoms with E-state index in [-0.39, 0.29) is 30.1 Å². The molecule has 0 bridgehead atoms. The van der Waals surface area contributed by atoms with Crippen molar-refractivity contribution in [2.45, 2.75) is 18.9 Å². The lowest BCUT2D eigenvalue weighted by molar-refractivity contribution is -0.117. The highest BCUT2D eigenvalue weighted by Gasteiger charge is 2.34. The summed E-state index contributed by atoms with van der Waals surface area (Å²) >= 11 is 0. The van der Waals surface area contributed by atoms with Crippen LogP contribution in [0.1, 0.15) is 23.2 Å². The molecule has 1 saturated heterocycles. The number of nitrogens with zero attached hydrogens (tertiary/aromatic N) is 2. The van der Waals surface area contributed by atoms with E-state index in [1.165, 1.54) is 25.3 Å². The number of ether oxygens (including phenoxy) is 2. The van der Waals surface area contributed by atoms with Gasteiger partial charge in [-0.3, -0.25) is 9.59 Å². The smallest absolute Gasteiger partial charge is 0.237 e. The number of anilines is 1. The molecule has 1 aromatic heterocycles. The Morgan fingerprint density at radius 2 is 2.24 bits per heavy atom. The van der Waals surface area contributed by atoms with E-state index in [0.29, 0.717) is 36.3 Å². The molecular formula is C18H18N2O5. The summed E-state index contributed by atoms with van der Waals surface area (Å²) in [4.78, 5) is 29.2. The van der Waals surface area contributed by atoms with Gasteiger partial charge in [0, 0.05) is 18.7 Å². The van der Waals surface area contributed by atoms with Gasteiger partial charge in [-0.15, -0.1) is 0 Å². The van der Waals surface area contributed by atoms with Crippen LogP contribution >= 0.6 is 0 Å². The van der Waals surface area contributed by atoms with Crippen LogP contribution in [0.3, 0.4) is 0 Å². The van der Waals surface area contributed by atoms with Crippen molar-refractivity contribution >= 4 is 17.9 Å². The van der Waals surface area contributed by atoms with Gasteiger partial charge in [-0.25, -0.2) is 4.98 Å². The van der Waals surface area contributed by atoms with Crippen molar-refractivity contribution in [3.05, 3.63) is 42.1 Å². The van der Waals surface area contributed by atoms with Crippen LogP contribution in [0.5, 0.6) is 17.4 Å². The van der Waals surface area contributed by atoms with E-state index in [9.17, 15) is 14.7 Å². The molecule has 2 heterocycles. The topological polar surface area (TPSA) is 89.0 Å². The lowest BCUT2D eigenvalue weighted by atomic mass is 10.2. The quantitative estimate of drug-likeness (QED) is 0.810. The lowest BCUT2D eigenvalue weighted by Gasteiger charge is -2.26. The molecule has 0 spiro atoms. The molecule has 0 radical (unpaired) electrons. The molecule has 1 amide bonds. The van der Waals surface area contributed by atoms with Crippen LogP contribution in [0.4, 0.5) is 5.69 Å². The summed E-state index contributed by atoms with van der Waals surface area (Å²) in [5.41, 5.74) is 0.931. The van der Waals surface area contributed by atoms with Gasteiger partial charge >= 0.3 is 0 Å². The second-order valence-corrected chi connectivity index (χ2v) is 5.64. The number of methoxy groups -OCH3 is 1. The standard InChI is InChI=1S/C18H18N2O5/c1-24-18-15(3-2-8-19-18)20-13(5-7-17(20)23)11-25-16-9-14(22)6-4-12(16)10-21/h2-4,6,8-10,13,22H,5,7,11H2,1H3. The number of amides is 1. The fraction of sp³-hybridized carbons (Fsp3) is 0.278. The number of phenolic OH excluding ortho intramolecular Hbond substituents is 1. The molecule has 1 fully saturated rings. The summed E-state index contributed by atoms with van der Waals surface area (Å²) in [6, 6.07) is 7.58. The maximum Gasteiger partial charge on any atom is 0.237 e. The average Bonchev–Trinajstić information content (AvgIpc) is 3.00. The Balaban J connectivity index is 1.81. The molecule has 1 aliphatic heterocycles. The maximum atomic E-state index is 12.3. The molecule has 0 aliphatic carbocycles. The molecule has 1 atom stereocenters. The number of pyridine rings is 1. The minimum atomic E-state index is -0.215. The summed E-state index contributed by atoms with van der Waals surface area (Å²) in [6.45, 7) is 0.189. The van der Waals surface area contributed by atoms with Crippen LogP contribution in [-0.2, 0) is 4.79 Å². The lowest BCUT2D eigenvalue weighted by Crippen LogP contribution is -2.37. The van der Waals surface area contributed by atoms with Crippen LogP contribution < -0.4 is 14.4 Å². The zero-order chi connectivity index (χ0) is 17.8. The molecular weight excluding hydrogens is 324 g/mol. The van der Waals surface area contributed by atoms with Crippen molar-refractivity contribution < 1.29 is 24.2 Å². The van der Waals surface area contributed by atoms with E-state index < -0.39 is 0 Å². The second kappa shape index (κ2) is 7.21. The average molecular weight is 342 g/mol. The van der Waals surface area contributed by atoms with Crippen LogP contribution in [0, 0.1) is 0 Å². The molecule has 25 heavy (non-hydrogen) atoms. The van der Waals surface area contributed by atoms with Gasteiger partial charge in [0.25, 0.3) is 0 Å².